The van der Waals surface area contributed by atoms with E-state index in [4.69, 9.17) is 11.6 Å². The van der Waals surface area contributed by atoms with Crippen LogP contribution in [0.5, 0.6) is 0 Å². The van der Waals surface area contributed by atoms with Gasteiger partial charge < -0.3 is 0 Å². The third kappa shape index (κ3) is 2.73. The van der Waals surface area contributed by atoms with E-state index in [1.165, 1.54) is 0 Å². The molecule has 0 unspecified atom stereocenters. The summed E-state index contributed by atoms with van der Waals surface area (Å²) in [6.07, 6.45) is -2.58. The molecule has 0 saturated carbocycles. The summed E-state index contributed by atoms with van der Waals surface area (Å²) in [6.45, 7) is 0. The van der Waals surface area contributed by atoms with Crippen molar-refractivity contribution in [3.05, 3.63) is 25.5 Å². The predicted molar refractivity (Wildman–Crippen MR) is 59.2 cm³/mol. The summed E-state index contributed by atoms with van der Waals surface area (Å²) in [5, 5.41) is 0. The Morgan fingerprint density at radius 2 is 2.23 bits per heavy atom. The number of pyridine rings is 1. The molecule has 0 bridgehead atoms. The minimum atomic E-state index is -2.58. The average Bonchev–Trinajstić information content (AvgIpc) is 2.02. The SMILES string of the molecule is FC(F)c1nc(I)cc(Br)c1CCl. The van der Waals surface area contributed by atoms with E-state index in [-0.39, 0.29) is 11.6 Å². The lowest BCUT2D eigenvalue weighted by atomic mass is 10.2. The molecule has 0 radical (unpaired) electrons. The number of aromatic nitrogens is 1. The first kappa shape index (κ1) is 11.6. The lowest BCUT2D eigenvalue weighted by Gasteiger charge is -2.07. The Hall–Kier alpha value is 0.510. The number of rotatable bonds is 2. The van der Waals surface area contributed by atoms with E-state index >= 15 is 0 Å². The van der Waals surface area contributed by atoms with Gasteiger partial charge in [-0.3, -0.25) is 0 Å². The van der Waals surface area contributed by atoms with Crippen LogP contribution in [0.4, 0.5) is 8.78 Å². The molecule has 0 spiro atoms. The molecule has 0 aliphatic rings. The van der Waals surface area contributed by atoms with Gasteiger partial charge in [-0.1, -0.05) is 15.9 Å². The normalized spacial score (nSPS) is 10.9. The fraction of sp³-hybridized carbons (Fsp3) is 0.286. The molecule has 13 heavy (non-hydrogen) atoms. The molecule has 0 saturated heterocycles. The molecule has 72 valence electrons. The lowest BCUT2D eigenvalue weighted by molar-refractivity contribution is 0.145. The Bertz CT molecular complexity index is 322. The van der Waals surface area contributed by atoms with Gasteiger partial charge in [0.25, 0.3) is 6.43 Å². The van der Waals surface area contributed by atoms with Crippen LogP contribution < -0.4 is 0 Å². The van der Waals surface area contributed by atoms with Crippen molar-refractivity contribution in [1.82, 2.24) is 4.98 Å². The molecular formula is C7H4BrClF2IN. The fourth-order valence-electron chi connectivity index (χ4n) is 0.842. The number of halogens is 5. The molecule has 0 fully saturated rings. The summed E-state index contributed by atoms with van der Waals surface area (Å²) in [6, 6.07) is 1.66. The van der Waals surface area contributed by atoms with E-state index in [9.17, 15) is 8.78 Å². The maximum absolute atomic E-state index is 12.4. The van der Waals surface area contributed by atoms with Crippen molar-refractivity contribution in [2.75, 3.05) is 0 Å². The first-order chi connectivity index (χ1) is 6.06. The van der Waals surface area contributed by atoms with Crippen LogP contribution in [0.15, 0.2) is 10.5 Å². The molecule has 1 aromatic rings. The molecule has 1 rings (SSSR count). The molecule has 1 aromatic heterocycles. The van der Waals surface area contributed by atoms with Gasteiger partial charge in [-0.25, -0.2) is 13.8 Å². The highest BCUT2D eigenvalue weighted by atomic mass is 127. The van der Waals surface area contributed by atoms with E-state index in [2.05, 4.69) is 20.9 Å². The summed E-state index contributed by atoms with van der Waals surface area (Å²) in [4.78, 5) is 3.73. The maximum Gasteiger partial charge on any atom is 0.280 e. The van der Waals surface area contributed by atoms with Gasteiger partial charge in [0.15, 0.2) is 0 Å². The molecular weight excluding hydrogens is 378 g/mol. The van der Waals surface area contributed by atoms with Crippen LogP contribution in [0, 0.1) is 3.70 Å². The third-order valence-corrected chi connectivity index (χ3v) is 2.94. The lowest BCUT2D eigenvalue weighted by Crippen LogP contribution is -1.99. The topological polar surface area (TPSA) is 12.9 Å². The van der Waals surface area contributed by atoms with Crippen LogP contribution in [0.1, 0.15) is 17.7 Å². The highest BCUT2D eigenvalue weighted by Gasteiger charge is 2.17. The van der Waals surface area contributed by atoms with Gasteiger partial charge in [0.2, 0.25) is 0 Å². The first-order valence-corrected chi connectivity index (χ1v) is 5.65. The zero-order valence-electron chi connectivity index (χ0n) is 6.20. The second-order valence-corrected chi connectivity index (χ2v) is 4.45. The molecule has 6 heteroatoms. The Kier molecular flexibility index (Phi) is 4.31. The van der Waals surface area contributed by atoms with Gasteiger partial charge in [0.1, 0.15) is 9.39 Å². The highest BCUT2D eigenvalue weighted by molar-refractivity contribution is 14.1. The van der Waals surface area contributed by atoms with E-state index in [1.807, 2.05) is 22.6 Å². The van der Waals surface area contributed by atoms with Crippen molar-refractivity contribution in [3.8, 4) is 0 Å². The van der Waals surface area contributed by atoms with Crippen LogP contribution in [0.25, 0.3) is 0 Å². The van der Waals surface area contributed by atoms with E-state index in [0.717, 1.165) is 0 Å². The quantitative estimate of drug-likeness (QED) is 0.426. The van der Waals surface area contributed by atoms with E-state index < -0.39 is 6.43 Å². The smallest absolute Gasteiger partial charge is 0.240 e. The van der Waals surface area contributed by atoms with Gasteiger partial charge >= 0.3 is 0 Å². The van der Waals surface area contributed by atoms with Crippen molar-refractivity contribution < 1.29 is 8.78 Å². The van der Waals surface area contributed by atoms with Crippen LogP contribution in [-0.4, -0.2) is 4.98 Å². The zero-order valence-corrected chi connectivity index (χ0v) is 10.7. The molecule has 0 aliphatic heterocycles. The summed E-state index contributed by atoms with van der Waals surface area (Å²) >= 11 is 10.6. The average molecular weight is 382 g/mol. The number of nitrogens with zero attached hydrogens (tertiary/aromatic N) is 1. The largest absolute Gasteiger partial charge is 0.280 e. The Morgan fingerprint density at radius 3 is 2.69 bits per heavy atom. The second kappa shape index (κ2) is 4.84. The Labute approximate surface area is 101 Å². The van der Waals surface area contributed by atoms with Crippen LogP contribution in [0.3, 0.4) is 0 Å². The van der Waals surface area contributed by atoms with Gasteiger partial charge in [-0.2, -0.15) is 0 Å². The minimum Gasteiger partial charge on any atom is -0.240 e. The summed E-state index contributed by atoms with van der Waals surface area (Å²) < 4.78 is 26.0. The molecule has 0 amide bonds. The van der Waals surface area contributed by atoms with Crippen LogP contribution in [0.2, 0.25) is 0 Å². The molecule has 0 aromatic carbocycles. The standard InChI is InChI=1S/C7H4BrClF2IN/c8-4-1-5(12)13-6(7(10)11)3(4)2-9/h1,7H,2H2. The molecule has 0 N–H and O–H groups in total. The number of alkyl halides is 3. The molecule has 1 heterocycles. The van der Waals surface area contributed by atoms with Crippen LogP contribution in [-0.2, 0) is 5.88 Å². The van der Waals surface area contributed by atoms with Crippen molar-refractivity contribution in [3.63, 3.8) is 0 Å². The van der Waals surface area contributed by atoms with E-state index in [0.29, 0.717) is 13.7 Å². The van der Waals surface area contributed by atoms with Gasteiger partial charge in [0, 0.05) is 10.0 Å². The van der Waals surface area contributed by atoms with Gasteiger partial charge in [-0.05, 0) is 28.7 Å². The van der Waals surface area contributed by atoms with Crippen molar-refractivity contribution in [2.45, 2.75) is 12.3 Å². The molecule has 1 nitrogen and oxygen atoms in total. The summed E-state index contributed by atoms with van der Waals surface area (Å²) in [5.74, 6) is 0.0319. The summed E-state index contributed by atoms with van der Waals surface area (Å²) in [7, 11) is 0. The predicted octanol–water partition coefficient (Wildman–Crippen LogP) is 4.13. The van der Waals surface area contributed by atoms with E-state index in [1.54, 1.807) is 6.07 Å². The van der Waals surface area contributed by atoms with Crippen molar-refractivity contribution >= 4 is 50.1 Å². The minimum absolute atomic E-state index is 0.0319. The van der Waals surface area contributed by atoms with Crippen LogP contribution >= 0.6 is 50.1 Å². The fourth-order valence-corrected chi connectivity index (χ4v) is 2.84. The molecule has 0 atom stereocenters. The first-order valence-electron chi connectivity index (χ1n) is 3.25. The van der Waals surface area contributed by atoms with Gasteiger partial charge in [-0.15, -0.1) is 11.6 Å². The van der Waals surface area contributed by atoms with Gasteiger partial charge in [0.05, 0.1) is 5.88 Å². The maximum atomic E-state index is 12.4. The Morgan fingerprint density at radius 1 is 1.62 bits per heavy atom. The number of hydrogen-bond donors (Lipinski definition) is 0. The summed E-state index contributed by atoms with van der Waals surface area (Å²) in [5.41, 5.74) is 0.117. The molecule has 0 aliphatic carbocycles. The monoisotopic (exact) mass is 381 g/mol. The number of hydrogen-bond acceptors (Lipinski definition) is 1. The van der Waals surface area contributed by atoms with Crippen molar-refractivity contribution in [2.24, 2.45) is 0 Å². The Balaban J connectivity index is 3.29. The third-order valence-electron chi connectivity index (χ3n) is 1.41. The second-order valence-electron chi connectivity index (χ2n) is 2.22. The zero-order chi connectivity index (χ0) is 10.0. The van der Waals surface area contributed by atoms with Crippen molar-refractivity contribution in [1.29, 1.82) is 0 Å². The highest BCUT2D eigenvalue weighted by Crippen LogP contribution is 2.29.